The number of hydrogen-bond acceptors (Lipinski definition) is 6. The highest BCUT2D eigenvalue weighted by Crippen LogP contribution is 2.37. The molecule has 2 aromatic rings. The van der Waals surface area contributed by atoms with Gasteiger partial charge in [-0.2, -0.15) is 0 Å². The van der Waals surface area contributed by atoms with E-state index < -0.39 is 5.97 Å². The fourth-order valence-electron chi connectivity index (χ4n) is 2.70. The third kappa shape index (κ3) is 4.26. The summed E-state index contributed by atoms with van der Waals surface area (Å²) in [6.45, 7) is 4.47. The molecule has 28 heavy (non-hydrogen) atoms. The van der Waals surface area contributed by atoms with Crippen molar-refractivity contribution in [2.75, 3.05) is 18.1 Å². The molecule has 2 aromatic carbocycles. The number of ether oxygens (including phenoxy) is 2. The van der Waals surface area contributed by atoms with Gasteiger partial charge in [0, 0.05) is 5.56 Å². The van der Waals surface area contributed by atoms with Crippen molar-refractivity contribution in [1.82, 2.24) is 0 Å². The summed E-state index contributed by atoms with van der Waals surface area (Å²) in [5, 5.41) is 0. The number of thiocarbonyl (C=S) groups is 1. The summed E-state index contributed by atoms with van der Waals surface area (Å²) >= 11 is 6.64. The quantitative estimate of drug-likeness (QED) is 0.390. The fourth-order valence-corrected chi connectivity index (χ4v) is 3.99. The molecule has 0 bridgehead atoms. The van der Waals surface area contributed by atoms with E-state index in [9.17, 15) is 9.59 Å². The normalized spacial score (nSPS) is 15.2. The Morgan fingerprint density at radius 3 is 2.68 bits per heavy atom. The van der Waals surface area contributed by atoms with E-state index in [1.807, 2.05) is 31.2 Å². The predicted molar refractivity (Wildman–Crippen MR) is 116 cm³/mol. The molecule has 144 valence electrons. The number of hydrogen-bond donors (Lipinski definition) is 0. The van der Waals surface area contributed by atoms with Gasteiger partial charge in [-0.25, -0.2) is 4.79 Å². The van der Waals surface area contributed by atoms with Gasteiger partial charge in [-0.15, -0.1) is 0 Å². The third-order valence-corrected chi connectivity index (χ3v) is 5.22. The Bertz CT molecular complexity index is 955. The zero-order valence-electron chi connectivity index (χ0n) is 15.5. The zero-order chi connectivity index (χ0) is 20.1. The van der Waals surface area contributed by atoms with Crippen LogP contribution >= 0.6 is 24.0 Å². The Kier molecular flexibility index (Phi) is 6.49. The first-order valence-electron chi connectivity index (χ1n) is 8.82. The van der Waals surface area contributed by atoms with Crippen molar-refractivity contribution in [3.63, 3.8) is 0 Å². The summed E-state index contributed by atoms with van der Waals surface area (Å²) in [5.74, 6) is 0.0397. The van der Waals surface area contributed by atoms with Gasteiger partial charge in [0.15, 0.2) is 4.32 Å². The Morgan fingerprint density at radius 2 is 1.93 bits per heavy atom. The van der Waals surface area contributed by atoms with Gasteiger partial charge < -0.3 is 9.47 Å². The Hall–Kier alpha value is -2.64. The lowest BCUT2D eigenvalue weighted by Gasteiger charge is -2.15. The molecule has 7 heteroatoms. The van der Waals surface area contributed by atoms with Gasteiger partial charge >= 0.3 is 5.97 Å². The van der Waals surface area contributed by atoms with Crippen molar-refractivity contribution in [2.24, 2.45) is 0 Å². The predicted octanol–water partition coefficient (Wildman–Crippen LogP) is 4.67. The second-order valence-corrected chi connectivity index (χ2v) is 7.43. The minimum Gasteiger partial charge on any atom is -0.493 e. The van der Waals surface area contributed by atoms with Crippen molar-refractivity contribution in [3.8, 4) is 5.75 Å². The first-order chi connectivity index (χ1) is 13.5. The van der Waals surface area contributed by atoms with E-state index in [1.54, 1.807) is 37.3 Å². The maximum Gasteiger partial charge on any atom is 0.338 e. The Balaban J connectivity index is 1.91. The van der Waals surface area contributed by atoms with Gasteiger partial charge in [0.25, 0.3) is 5.91 Å². The molecule has 1 aliphatic rings. The van der Waals surface area contributed by atoms with Crippen LogP contribution in [0.1, 0.15) is 29.8 Å². The van der Waals surface area contributed by atoms with E-state index >= 15 is 0 Å². The van der Waals surface area contributed by atoms with E-state index in [4.69, 9.17) is 21.7 Å². The topological polar surface area (TPSA) is 55.8 Å². The van der Waals surface area contributed by atoms with E-state index in [-0.39, 0.29) is 12.5 Å². The smallest absolute Gasteiger partial charge is 0.338 e. The minimum absolute atomic E-state index is 0.234. The van der Waals surface area contributed by atoms with Crippen LogP contribution in [0, 0.1) is 0 Å². The molecule has 0 N–H and O–H groups in total. The molecule has 1 amide bonds. The molecule has 0 aliphatic carbocycles. The van der Waals surface area contributed by atoms with Crippen LogP contribution < -0.4 is 9.64 Å². The highest BCUT2D eigenvalue weighted by atomic mass is 32.2. The van der Waals surface area contributed by atoms with Crippen molar-refractivity contribution in [1.29, 1.82) is 0 Å². The average Bonchev–Trinajstić information content (AvgIpc) is 2.97. The van der Waals surface area contributed by atoms with Crippen LogP contribution in [-0.4, -0.2) is 29.4 Å². The first kappa shape index (κ1) is 20.1. The van der Waals surface area contributed by atoms with Crippen LogP contribution in [0.5, 0.6) is 5.75 Å². The molecule has 0 atom stereocenters. The molecule has 0 unspecified atom stereocenters. The number of thioether (sulfide) groups is 1. The second kappa shape index (κ2) is 9.03. The number of nitrogens with zero attached hydrogens (tertiary/aromatic N) is 1. The highest BCUT2D eigenvalue weighted by molar-refractivity contribution is 8.27. The molecule has 5 nitrogen and oxygen atoms in total. The molecule has 1 saturated heterocycles. The first-order valence-corrected chi connectivity index (χ1v) is 10.0. The number of para-hydroxylation sites is 1. The fraction of sp³-hybridized carbons (Fsp3) is 0.190. The van der Waals surface area contributed by atoms with Crippen molar-refractivity contribution in [3.05, 3.63) is 64.6 Å². The van der Waals surface area contributed by atoms with Crippen molar-refractivity contribution < 1.29 is 19.1 Å². The van der Waals surface area contributed by atoms with Crippen molar-refractivity contribution >= 4 is 51.9 Å². The lowest BCUT2D eigenvalue weighted by atomic mass is 10.1. The molecule has 0 radical (unpaired) electrons. The van der Waals surface area contributed by atoms with Crippen LogP contribution in [0.25, 0.3) is 6.08 Å². The van der Waals surface area contributed by atoms with Crippen LogP contribution in [0.4, 0.5) is 5.69 Å². The summed E-state index contributed by atoms with van der Waals surface area (Å²) in [6, 6.07) is 14.2. The zero-order valence-corrected chi connectivity index (χ0v) is 17.1. The summed E-state index contributed by atoms with van der Waals surface area (Å²) in [4.78, 5) is 26.9. The largest absolute Gasteiger partial charge is 0.493 e. The number of esters is 1. The maximum atomic E-state index is 13.0. The van der Waals surface area contributed by atoms with Crippen LogP contribution in [0.3, 0.4) is 0 Å². The molecule has 0 spiro atoms. The molecular formula is C21H19NO4S2. The summed E-state index contributed by atoms with van der Waals surface area (Å²) < 4.78 is 11.1. The standard InChI is InChI=1S/C21H19NO4S2/c1-3-25-17-11-6-5-8-14(17)13-18-19(23)22(21(27)28-18)16-10-7-9-15(12-16)20(24)26-4-2/h5-13H,3-4H2,1-2H3/b18-13+. The number of rotatable bonds is 6. The van der Waals surface area contributed by atoms with E-state index in [1.165, 1.54) is 16.7 Å². The molecular weight excluding hydrogens is 394 g/mol. The number of carbonyl (C=O) groups excluding carboxylic acids is 2. The minimum atomic E-state index is -0.434. The number of benzene rings is 2. The molecule has 1 heterocycles. The van der Waals surface area contributed by atoms with Gasteiger partial charge in [0.2, 0.25) is 0 Å². The molecule has 1 aliphatic heterocycles. The van der Waals surface area contributed by atoms with Gasteiger partial charge in [-0.1, -0.05) is 48.2 Å². The summed E-state index contributed by atoms with van der Waals surface area (Å²) in [7, 11) is 0. The number of carbonyl (C=O) groups is 2. The van der Waals surface area contributed by atoms with Crippen LogP contribution in [0.2, 0.25) is 0 Å². The molecule has 0 aromatic heterocycles. The lowest BCUT2D eigenvalue weighted by molar-refractivity contribution is -0.113. The van der Waals surface area contributed by atoms with Gasteiger partial charge in [-0.05, 0) is 44.2 Å². The maximum absolute atomic E-state index is 13.0. The number of anilines is 1. The molecule has 3 rings (SSSR count). The van der Waals surface area contributed by atoms with Crippen molar-refractivity contribution in [2.45, 2.75) is 13.8 Å². The monoisotopic (exact) mass is 413 g/mol. The van der Waals surface area contributed by atoms with Crippen LogP contribution in [-0.2, 0) is 9.53 Å². The summed E-state index contributed by atoms with van der Waals surface area (Å²) in [6.07, 6.45) is 1.78. The molecule has 1 fully saturated rings. The van der Waals surface area contributed by atoms with E-state index in [0.29, 0.717) is 32.8 Å². The summed E-state index contributed by atoms with van der Waals surface area (Å²) in [5.41, 5.74) is 1.72. The lowest BCUT2D eigenvalue weighted by Crippen LogP contribution is -2.27. The third-order valence-electron chi connectivity index (χ3n) is 3.91. The van der Waals surface area contributed by atoms with Gasteiger partial charge in [0.1, 0.15) is 5.75 Å². The van der Waals surface area contributed by atoms with Gasteiger partial charge in [0.05, 0.1) is 29.4 Å². The average molecular weight is 414 g/mol. The molecule has 0 saturated carbocycles. The van der Waals surface area contributed by atoms with Crippen LogP contribution in [0.15, 0.2) is 53.4 Å². The highest BCUT2D eigenvalue weighted by Gasteiger charge is 2.33. The second-order valence-electron chi connectivity index (χ2n) is 5.76. The SMILES string of the molecule is CCOC(=O)c1cccc(N2C(=O)/C(=C\c3ccccc3OCC)SC2=S)c1. The Morgan fingerprint density at radius 1 is 1.14 bits per heavy atom. The Labute approximate surface area is 173 Å². The van der Waals surface area contributed by atoms with E-state index in [0.717, 1.165) is 5.56 Å². The number of amides is 1. The van der Waals surface area contributed by atoms with Gasteiger partial charge in [-0.3, -0.25) is 9.69 Å². The van der Waals surface area contributed by atoms with E-state index in [2.05, 4.69) is 0 Å².